The number of hydrogen-bond acceptors (Lipinski definition) is 7. The van der Waals surface area contributed by atoms with E-state index in [-0.39, 0.29) is 42.2 Å². The second-order valence-corrected chi connectivity index (χ2v) is 12.5. The maximum Gasteiger partial charge on any atom is 0.261 e. The normalized spacial score (nSPS) is 13.8. The fourth-order valence-electron chi connectivity index (χ4n) is 6.10. The van der Waals surface area contributed by atoms with E-state index in [1.165, 1.54) is 0 Å². The second-order valence-electron chi connectivity index (χ2n) is 12.5. The zero-order chi connectivity index (χ0) is 33.8. The average Bonchev–Trinajstić information content (AvgIpc) is 3.54. The Morgan fingerprint density at radius 1 is 0.920 bits per heavy atom. The minimum absolute atomic E-state index is 0. The molecule has 50 heavy (non-hydrogen) atoms. The summed E-state index contributed by atoms with van der Waals surface area (Å²) in [6.07, 6.45) is 4.99. The molecule has 1 aliphatic heterocycles. The number of nitrogens with zero attached hydrogens (tertiary/aromatic N) is 4. The van der Waals surface area contributed by atoms with Crippen molar-refractivity contribution in [2.75, 3.05) is 36.5 Å². The molecule has 0 atom stereocenters. The van der Waals surface area contributed by atoms with E-state index in [0.29, 0.717) is 66.5 Å². The molecule has 0 aliphatic carbocycles. The predicted octanol–water partition coefficient (Wildman–Crippen LogP) is 6.66. The molecule has 6 rings (SSSR count). The molecular weight excluding hydrogens is 677 g/mol. The van der Waals surface area contributed by atoms with E-state index in [9.17, 15) is 14.4 Å². The van der Waals surface area contributed by atoms with Crippen LogP contribution < -0.4 is 25.4 Å². The number of furan rings is 1. The number of aryl methyl sites for hydroxylation is 2. The minimum atomic E-state index is -1.14. The molecule has 0 saturated heterocycles. The number of carbonyl (C=O) groups is 2. The third kappa shape index (κ3) is 7.88. The zero-order valence-corrected chi connectivity index (χ0v) is 30.3. The number of fused-ring (bicyclic) bond motifs is 2. The number of pyridine rings is 2. The number of rotatable bonds is 12. The number of nitrogens with one attached hydrogen (secondary N) is 1. The van der Waals surface area contributed by atoms with Crippen molar-refractivity contribution < 1.29 is 18.7 Å². The van der Waals surface area contributed by atoms with Gasteiger partial charge in [-0.05, 0) is 75.7 Å². The van der Waals surface area contributed by atoms with E-state index in [4.69, 9.17) is 9.15 Å². The van der Waals surface area contributed by atoms with Gasteiger partial charge in [-0.25, -0.2) is 0 Å². The van der Waals surface area contributed by atoms with Gasteiger partial charge < -0.3 is 28.8 Å². The highest BCUT2D eigenvalue weighted by Gasteiger charge is 2.45. The Bertz CT molecular complexity index is 2010. The van der Waals surface area contributed by atoms with E-state index >= 15 is 0 Å². The molecular formula is C38H43Cl2N5O5. The average molecular weight is 721 g/mol. The summed E-state index contributed by atoms with van der Waals surface area (Å²) in [5, 5.41) is 4.03. The van der Waals surface area contributed by atoms with Gasteiger partial charge in [-0.2, -0.15) is 0 Å². The van der Waals surface area contributed by atoms with Crippen LogP contribution >= 0.6 is 24.8 Å². The summed E-state index contributed by atoms with van der Waals surface area (Å²) in [5.41, 5.74) is 3.70. The topological polar surface area (TPSA) is 110 Å². The molecule has 0 saturated carbocycles. The molecule has 5 aromatic rings. The smallest absolute Gasteiger partial charge is 0.261 e. The highest BCUT2D eigenvalue weighted by atomic mass is 35.5. The molecule has 3 aromatic heterocycles. The standard InChI is InChI=1S/C38H41N5O5.2ClH/c1-5-43-31-13-12-29(23-32(31)41(4)36(45)38(2,3)37(43)46)47-21-9-17-39-25-26-14-18-40-28(22-26)15-19-42-20-16-33-30(35(42)44)24-34(48-33)27-10-7-6-8-11-27;;/h6-8,10-14,16,18,20,22-24,39H,5,9,15,17,19,21,25H2,1-4H3;2*1H. The third-order valence-corrected chi connectivity index (χ3v) is 8.84. The molecule has 2 aromatic carbocycles. The fourth-order valence-corrected chi connectivity index (χ4v) is 6.10. The van der Waals surface area contributed by atoms with Crippen molar-refractivity contribution in [2.45, 2.75) is 46.7 Å². The second kappa shape index (κ2) is 16.4. The number of aromatic nitrogens is 2. The van der Waals surface area contributed by atoms with Crippen molar-refractivity contribution in [1.82, 2.24) is 14.9 Å². The lowest BCUT2D eigenvalue weighted by atomic mass is 9.90. The molecule has 4 heterocycles. The number of halogens is 2. The van der Waals surface area contributed by atoms with Crippen molar-refractivity contribution in [3.8, 4) is 17.1 Å². The lowest BCUT2D eigenvalue weighted by molar-refractivity contribution is -0.137. The molecule has 1 N–H and O–H groups in total. The molecule has 2 amide bonds. The van der Waals surface area contributed by atoms with Gasteiger partial charge in [0.05, 0.1) is 23.4 Å². The van der Waals surface area contributed by atoms with E-state index in [1.54, 1.807) is 47.7 Å². The van der Waals surface area contributed by atoms with Gasteiger partial charge >= 0.3 is 0 Å². The van der Waals surface area contributed by atoms with Crippen LogP contribution in [0.1, 0.15) is 38.4 Å². The third-order valence-electron chi connectivity index (χ3n) is 8.84. The Labute approximate surface area is 304 Å². The van der Waals surface area contributed by atoms with Crippen LogP contribution in [0.5, 0.6) is 5.75 Å². The Balaban J connectivity index is 0.00000281. The number of amides is 2. The quantitative estimate of drug-likeness (QED) is 0.114. The van der Waals surface area contributed by atoms with Crippen molar-refractivity contribution >= 4 is 59.0 Å². The monoisotopic (exact) mass is 719 g/mol. The Morgan fingerprint density at radius 3 is 2.46 bits per heavy atom. The van der Waals surface area contributed by atoms with Crippen LogP contribution in [-0.4, -0.2) is 48.1 Å². The molecule has 264 valence electrons. The van der Waals surface area contributed by atoms with Gasteiger partial charge in [-0.3, -0.25) is 19.4 Å². The van der Waals surface area contributed by atoms with Crippen molar-refractivity contribution in [3.63, 3.8) is 0 Å². The Kier molecular flexibility index (Phi) is 12.5. The minimum Gasteiger partial charge on any atom is -0.493 e. The lowest BCUT2D eigenvalue weighted by Gasteiger charge is -2.27. The summed E-state index contributed by atoms with van der Waals surface area (Å²) >= 11 is 0. The summed E-state index contributed by atoms with van der Waals surface area (Å²) in [6, 6.07) is 23.0. The molecule has 0 radical (unpaired) electrons. The first kappa shape index (κ1) is 38.2. The number of ether oxygens (including phenoxy) is 1. The fraction of sp³-hybridized carbons (Fsp3) is 0.316. The Hall–Kier alpha value is -4.64. The molecule has 0 fully saturated rings. The first-order valence-electron chi connectivity index (χ1n) is 16.4. The summed E-state index contributed by atoms with van der Waals surface area (Å²) in [7, 11) is 1.70. The van der Waals surface area contributed by atoms with Crippen LogP contribution in [0.2, 0.25) is 0 Å². The first-order valence-corrected chi connectivity index (χ1v) is 16.4. The van der Waals surface area contributed by atoms with Crippen LogP contribution in [0.25, 0.3) is 22.3 Å². The maximum atomic E-state index is 13.2. The molecule has 1 aliphatic rings. The van der Waals surface area contributed by atoms with Gasteiger partial charge in [-0.15, -0.1) is 24.8 Å². The molecule has 0 unspecified atom stereocenters. The highest BCUT2D eigenvalue weighted by molar-refractivity contribution is 6.20. The lowest BCUT2D eigenvalue weighted by Crippen LogP contribution is -2.47. The van der Waals surface area contributed by atoms with Gasteiger partial charge in [-0.1, -0.05) is 30.3 Å². The van der Waals surface area contributed by atoms with Gasteiger partial charge in [0.1, 0.15) is 22.5 Å². The Morgan fingerprint density at radius 2 is 1.70 bits per heavy atom. The number of hydrogen-bond donors (Lipinski definition) is 1. The first-order chi connectivity index (χ1) is 23.2. The summed E-state index contributed by atoms with van der Waals surface area (Å²) in [5.74, 6) is 0.882. The van der Waals surface area contributed by atoms with Crippen molar-refractivity contribution in [2.24, 2.45) is 5.41 Å². The number of benzene rings is 2. The van der Waals surface area contributed by atoms with E-state index < -0.39 is 5.41 Å². The SMILES string of the molecule is CCN1C(=O)C(C)(C)C(=O)N(C)c2cc(OCCCNCc3ccnc(CCn4ccc5oc(-c6ccccc6)cc5c4=O)c3)ccc21.Cl.Cl. The summed E-state index contributed by atoms with van der Waals surface area (Å²) < 4.78 is 13.7. The molecule has 0 bridgehead atoms. The van der Waals surface area contributed by atoms with Crippen LogP contribution in [0.3, 0.4) is 0 Å². The highest BCUT2D eigenvalue weighted by Crippen LogP contribution is 2.40. The van der Waals surface area contributed by atoms with Crippen LogP contribution in [-0.2, 0) is 29.1 Å². The number of anilines is 2. The van der Waals surface area contributed by atoms with E-state index in [0.717, 1.165) is 29.8 Å². The van der Waals surface area contributed by atoms with Gasteiger partial charge in [0.15, 0.2) is 0 Å². The molecule has 10 nitrogen and oxygen atoms in total. The van der Waals surface area contributed by atoms with Gasteiger partial charge in [0.2, 0.25) is 11.8 Å². The summed E-state index contributed by atoms with van der Waals surface area (Å²) in [6.45, 7) is 8.17. The van der Waals surface area contributed by atoms with E-state index in [1.807, 2.05) is 73.7 Å². The van der Waals surface area contributed by atoms with Crippen LogP contribution in [0, 0.1) is 5.41 Å². The number of carbonyl (C=O) groups excluding carboxylic acids is 2. The largest absolute Gasteiger partial charge is 0.493 e. The van der Waals surface area contributed by atoms with Crippen LogP contribution in [0.15, 0.2) is 94.4 Å². The molecule has 12 heteroatoms. The molecule has 0 spiro atoms. The summed E-state index contributed by atoms with van der Waals surface area (Å²) in [4.78, 5) is 47.1. The van der Waals surface area contributed by atoms with Gasteiger partial charge in [0, 0.05) is 62.8 Å². The van der Waals surface area contributed by atoms with Gasteiger partial charge in [0.25, 0.3) is 5.56 Å². The maximum absolute atomic E-state index is 13.2. The van der Waals surface area contributed by atoms with Crippen LogP contribution in [0.4, 0.5) is 11.4 Å². The van der Waals surface area contributed by atoms with E-state index in [2.05, 4.69) is 16.4 Å². The van der Waals surface area contributed by atoms with Crippen molar-refractivity contribution in [3.05, 3.63) is 107 Å². The predicted molar refractivity (Wildman–Crippen MR) is 202 cm³/mol. The zero-order valence-electron chi connectivity index (χ0n) is 28.7. The van der Waals surface area contributed by atoms with Crippen molar-refractivity contribution in [1.29, 1.82) is 0 Å².